The zero-order valence-corrected chi connectivity index (χ0v) is 12.1. The first-order valence-corrected chi connectivity index (χ1v) is 6.27. The molecule has 0 aliphatic rings. The molecule has 106 valence electrons. The fraction of sp³-hybridized carbons (Fsp3) is 0.571. The van der Waals surface area contributed by atoms with E-state index in [0.29, 0.717) is 11.5 Å². The summed E-state index contributed by atoms with van der Waals surface area (Å²) in [4.78, 5) is 15.8. The third kappa shape index (κ3) is 6.18. The normalized spacial score (nSPS) is 12.9. The molecule has 0 bridgehead atoms. The van der Waals surface area contributed by atoms with Crippen molar-refractivity contribution in [3.05, 3.63) is 23.4 Å². The number of carbonyl (C=O) groups excluding carboxylic acids is 1. The van der Waals surface area contributed by atoms with Gasteiger partial charge < -0.3 is 4.74 Å². The lowest BCUT2D eigenvalue weighted by atomic mass is 10.1. The van der Waals surface area contributed by atoms with Crippen LogP contribution in [0.25, 0.3) is 0 Å². The maximum Gasteiger partial charge on any atom is 0.413 e. The molecule has 0 spiro atoms. The molecule has 0 aliphatic heterocycles. The summed E-state index contributed by atoms with van der Waals surface area (Å²) in [6.07, 6.45) is -1.31. The van der Waals surface area contributed by atoms with Gasteiger partial charge in [-0.05, 0) is 52.3 Å². The third-order valence-corrected chi connectivity index (χ3v) is 2.14. The molecule has 0 saturated carbocycles. The average molecular weight is 267 g/mol. The van der Waals surface area contributed by atoms with Gasteiger partial charge in [-0.15, -0.1) is 0 Å². The number of carbonyl (C=O) groups is 1. The number of anilines is 1. The minimum atomic E-state index is -0.969. The molecule has 19 heavy (non-hydrogen) atoms. The highest BCUT2D eigenvalue weighted by molar-refractivity contribution is 5.83. The summed E-state index contributed by atoms with van der Waals surface area (Å²) in [5.41, 5.74) is 0.960. The number of nitrogens with one attached hydrogen (secondary N) is 1. The maximum absolute atomic E-state index is 13.0. The molecule has 0 radical (unpaired) electrons. The first-order valence-electron chi connectivity index (χ1n) is 6.27. The van der Waals surface area contributed by atoms with Crippen LogP contribution in [0.3, 0.4) is 0 Å². The zero-order chi connectivity index (χ0) is 14.6. The fourth-order valence-corrected chi connectivity index (χ4v) is 1.60. The first kappa shape index (κ1) is 15.4. The summed E-state index contributed by atoms with van der Waals surface area (Å²) in [5, 5.41) is 2.56. The summed E-state index contributed by atoms with van der Waals surface area (Å²) in [5.74, 6) is 0.380. The monoisotopic (exact) mass is 267 g/mol. The highest BCUT2D eigenvalue weighted by atomic mass is 18.2. The Morgan fingerprint density at radius 2 is 2.11 bits per heavy atom. The Hall–Kier alpha value is -1.65. The molecule has 0 saturated heterocycles. The Balaban J connectivity index is 2.78. The van der Waals surface area contributed by atoms with E-state index in [1.54, 1.807) is 32.9 Å². The van der Waals surface area contributed by atoms with Crippen molar-refractivity contribution in [1.29, 1.82) is 0 Å². The lowest BCUT2D eigenvalue weighted by Gasteiger charge is -2.19. The molecule has 1 rings (SSSR count). The van der Waals surface area contributed by atoms with Crippen LogP contribution in [0.5, 0.6) is 0 Å². The van der Waals surface area contributed by atoms with E-state index in [4.69, 9.17) is 4.74 Å². The minimum absolute atomic E-state index is 0.227. The van der Waals surface area contributed by atoms with Gasteiger partial charge >= 0.3 is 6.09 Å². The molecule has 1 aromatic heterocycles. The Bertz CT molecular complexity index is 453. The molecule has 0 fully saturated rings. The number of amides is 1. The average Bonchev–Trinajstić information content (AvgIpc) is 2.10. The number of ether oxygens (including phenoxy) is 1. The molecular formula is C14H21FN2O2. The second-order valence-corrected chi connectivity index (χ2v) is 5.63. The molecule has 1 amide bonds. The van der Waals surface area contributed by atoms with Crippen molar-refractivity contribution in [3.8, 4) is 0 Å². The highest BCUT2D eigenvalue weighted by Gasteiger charge is 2.17. The molecule has 0 aromatic carbocycles. The molecule has 4 nitrogen and oxygen atoms in total. The SMILES string of the molecule is Cc1cc(CC(C)[18F])nc(NC(=O)OC(C)(C)C)c1. The fourth-order valence-electron chi connectivity index (χ4n) is 1.60. The van der Waals surface area contributed by atoms with Crippen LogP contribution in [-0.2, 0) is 11.2 Å². The van der Waals surface area contributed by atoms with Gasteiger partial charge in [0.05, 0.1) is 0 Å². The molecule has 1 N–H and O–H groups in total. The predicted octanol–water partition coefficient (Wildman–Crippen LogP) is 3.64. The molecule has 0 aliphatic carbocycles. The van der Waals surface area contributed by atoms with Crippen LogP contribution in [0.15, 0.2) is 12.1 Å². The standard InChI is InChI=1S/C14H21FN2O2/c1-9-6-11(8-10(2)15)16-12(7-9)17-13(18)19-14(3,4)5/h6-7,10H,8H2,1-5H3,(H,16,17,18)/i15-1. The van der Waals surface area contributed by atoms with Crippen molar-refractivity contribution < 1.29 is 13.9 Å². The number of aryl methyl sites for hydroxylation is 1. The number of halogens is 1. The number of hydrogen-bond donors (Lipinski definition) is 1. The third-order valence-electron chi connectivity index (χ3n) is 2.14. The van der Waals surface area contributed by atoms with E-state index >= 15 is 0 Å². The molecule has 1 atom stereocenters. The Labute approximate surface area is 113 Å². The number of hydrogen-bond acceptors (Lipinski definition) is 3. The van der Waals surface area contributed by atoms with Gasteiger partial charge in [-0.3, -0.25) is 5.32 Å². The van der Waals surface area contributed by atoms with E-state index in [9.17, 15) is 9.18 Å². The van der Waals surface area contributed by atoms with Gasteiger partial charge in [0, 0.05) is 12.1 Å². The number of nitrogens with zero attached hydrogens (tertiary/aromatic N) is 1. The topological polar surface area (TPSA) is 51.2 Å². The van der Waals surface area contributed by atoms with E-state index in [2.05, 4.69) is 10.3 Å². The van der Waals surface area contributed by atoms with E-state index < -0.39 is 17.9 Å². The van der Waals surface area contributed by atoms with Gasteiger partial charge in [0.1, 0.15) is 17.6 Å². The lowest BCUT2D eigenvalue weighted by Crippen LogP contribution is -2.27. The van der Waals surface area contributed by atoms with Gasteiger partial charge in [-0.25, -0.2) is 14.2 Å². The van der Waals surface area contributed by atoms with Crippen LogP contribution < -0.4 is 5.32 Å². The van der Waals surface area contributed by atoms with Crippen LogP contribution in [0, 0.1) is 6.92 Å². The van der Waals surface area contributed by atoms with Crippen molar-refractivity contribution in [2.24, 2.45) is 0 Å². The van der Waals surface area contributed by atoms with E-state index in [-0.39, 0.29) is 6.42 Å². The maximum atomic E-state index is 13.0. The summed E-state index contributed by atoms with van der Waals surface area (Å²) in [7, 11) is 0. The Morgan fingerprint density at radius 3 is 2.63 bits per heavy atom. The number of rotatable bonds is 3. The predicted molar refractivity (Wildman–Crippen MR) is 73.1 cm³/mol. The van der Waals surface area contributed by atoms with Crippen LogP contribution >= 0.6 is 0 Å². The lowest BCUT2D eigenvalue weighted by molar-refractivity contribution is 0.0635. The smallest absolute Gasteiger partial charge is 0.413 e. The molecule has 1 heterocycles. The summed E-state index contributed by atoms with van der Waals surface area (Å²) >= 11 is 0. The van der Waals surface area contributed by atoms with Crippen molar-refractivity contribution in [1.82, 2.24) is 4.98 Å². The first-order chi connectivity index (χ1) is 8.65. The molecular weight excluding hydrogens is 246 g/mol. The van der Waals surface area contributed by atoms with Crippen molar-refractivity contribution in [3.63, 3.8) is 0 Å². The summed E-state index contributed by atoms with van der Waals surface area (Å²) in [6, 6.07) is 3.52. The van der Waals surface area contributed by atoms with Gasteiger partial charge in [-0.2, -0.15) is 0 Å². The molecule has 1 aromatic rings. The highest BCUT2D eigenvalue weighted by Crippen LogP contribution is 2.14. The van der Waals surface area contributed by atoms with Crippen LogP contribution in [0.4, 0.5) is 15.0 Å². The van der Waals surface area contributed by atoms with Gasteiger partial charge in [0.2, 0.25) is 0 Å². The summed E-state index contributed by atoms with van der Waals surface area (Å²) in [6.45, 7) is 8.70. The zero-order valence-electron chi connectivity index (χ0n) is 12.1. The number of pyridine rings is 1. The van der Waals surface area contributed by atoms with Crippen molar-refractivity contribution in [2.75, 3.05) is 5.32 Å². The van der Waals surface area contributed by atoms with Crippen molar-refractivity contribution in [2.45, 2.75) is 52.8 Å². The second-order valence-electron chi connectivity index (χ2n) is 5.63. The van der Waals surface area contributed by atoms with E-state index in [1.165, 1.54) is 6.92 Å². The molecule has 1 unspecified atom stereocenters. The van der Waals surface area contributed by atoms with E-state index in [1.807, 2.05) is 6.92 Å². The minimum Gasteiger partial charge on any atom is -0.444 e. The van der Waals surface area contributed by atoms with Crippen molar-refractivity contribution >= 4 is 11.9 Å². The van der Waals surface area contributed by atoms with Crippen LogP contribution in [0.2, 0.25) is 0 Å². The largest absolute Gasteiger partial charge is 0.444 e. The van der Waals surface area contributed by atoms with Gasteiger partial charge in [0.25, 0.3) is 0 Å². The number of alkyl halides is 1. The van der Waals surface area contributed by atoms with Crippen LogP contribution in [0.1, 0.15) is 39.0 Å². The summed E-state index contributed by atoms with van der Waals surface area (Å²) < 4.78 is 18.1. The number of aromatic nitrogens is 1. The molecule has 5 heteroatoms. The van der Waals surface area contributed by atoms with Gasteiger partial charge in [-0.1, -0.05) is 0 Å². The Morgan fingerprint density at radius 1 is 1.47 bits per heavy atom. The van der Waals surface area contributed by atoms with E-state index in [0.717, 1.165) is 5.56 Å². The van der Waals surface area contributed by atoms with Crippen LogP contribution in [-0.4, -0.2) is 22.8 Å². The second kappa shape index (κ2) is 5.99. The van der Waals surface area contributed by atoms with Gasteiger partial charge in [0.15, 0.2) is 0 Å². The quantitative estimate of drug-likeness (QED) is 0.909. The Kier molecular flexibility index (Phi) is 4.86.